The first-order chi connectivity index (χ1) is 12.5. The molecule has 26 heavy (non-hydrogen) atoms. The van der Waals surface area contributed by atoms with Crippen molar-refractivity contribution >= 4 is 23.4 Å². The number of nitrogens with zero attached hydrogens (tertiary/aromatic N) is 3. The average Bonchev–Trinajstić information content (AvgIpc) is 3.07. The van der Waals surface area contributed by atoms with Crippen molar-refractivity contribution in [2.75, 3.05) is 37.6 Å². The van der Waals surface area contributed by atoms with Crippen LogP contribution < -0.4 is 4.90 Å². The molecule has 0 bridgehead atoms. The molecular weight excluding hydrogens is 330 g/mol. The molecule has 0 radical (unpaired) electrons. The lowest BCUT2D eigenvalue weighted by Crippen LogP contribution is -2.51. The van der Waals surface area contributed by atoms with E-state index < -0.39 is 0 Å². The van der Waals surface area contributed by atoms with E-state index in [1.807, 2.05) is 47.9 Å². The van der Waals surface area contributed by atoms with E-state index in [1.165, 1.54) is 0 Å². The third-order valence-corrected chi connectivity index (χ3v) is 5.11. The van der Waals surface area contributed by atoms with Crippen LogP contribution in [-0.4, -0.2) is 60.2 Å². The molecule has 2 fully saturated rings. The van der Waals surface area contributed by atoms with Crippen molar-refractivity contribution in [1.29, 1.82) is 0 Å². The van der Waals surface area contributed by atoms with E-state index in [9.17, 15) is 14.4 Å². The second-order valence-electron chi connectivity index (χ2n) is 7.35. The number of amides is 3. The van der Waals surface area contributed by atoms with E-state index in [1.54, 1.807) is 4.90 Å². The molecule has 6 nitrogen and oxygen atoms in total. The van der Waals surface area contributed by atoms with Gasteiger partial charge in [-0.2, -0.15) is 0 Å². The summed E-state index contributed by atoms with van der Waals surface area (Å²) < 4.78 is 0. The third-order valence-electron chi connectivity index (χ3n) is 5.11. The van der Waals surface area contributed by atoms with Gasteiger partial charge < -0.3 is 14.7 Å². The lowest BCUT2D eigenvalue weighted by Gasteiger charge is -2.35. The first kappa shape index (κ1) is 18.4. The molecule has 1 aromatic carbocycles. The fourth-order valence-corrected chi connectivity index (χ4v) is 3.54. The Kier molecular flexibility index (Phi) is 5.59. The van der Waals surface area contributed by atoms with Crippen molar-refractivity contribution in [2.45, 2.75) is 33.1 Å². The predicted octanol–water partition coefficient (Wildman–Crippen LogP) is 1.68. The molecule has 3 rings (SSSR count). The number of benzene rings is 1. The van der Waals surface area contributed by atoms with Crippen LogP contribution in [0.25, 0.3) is 0 Å². The molecule has 6 heteroatoms. The normalized spacial score (nSPS) is 18.0. The van der Waals surface area contributed by atoms with Crippen LogP contribution in [0, 0.1) is 5.92 Å². The molecule has 0 atom stereocenters. The van der Waals surface area contributed by atoms with Crippen LogP contribution in [0.2, 0.25) is 0 Å². The van der Waals surface area contributed by atoms with Crippen LogP contribution in [-0.2, 0) is 20.8 Å². The minimum Gasteiger partial charge on any atom is -0.339 e. The second kappa shape index (κ2) is 7.89. The molecule has 0 N–H and O–H groups in total. The molecule has 0 unspecified atom stereocenters. The molecule has 2 heterocycles. The van der Waals surface area contributed by atoms with Gasteiger partial charge in [0.2, 0.25) is 17.7 Å². The second-order valence-corrected chi connectivity index (χ2v) is 7.35. The maximum absolute atomic E-state index is 12.5. The summed E-state index contributed by atoms with van der Waals surface area (Å²) in [5.41, 5.74) is 1.86. The molecule has 3 amide bonds. The SMILES string of the molecule is CC(C)C(=O)N1CCN(C(=O)Cc2ccc(N3CCCC3=O)cc2)CC1. The van der Waals surface area contributed by atoms with Crippen LogP contribution in [0.3, 0.4) is 0 Å². The van der Waals surface area contributed by atoms with Crippen molar-refractivity contribution < 1.29 is 14.4 Å². The summed E-state index contributed by atoms with van der Waals surface area (Å²) in [6.07, 6.45) is 1.88. The Bertz CT molecular complexity index is 676. The monoisotopic (exact) mass is 357 g/mol. The van der Waals surface area contributed by atoms with Crippen LogP contribution in [0.15, 0.2) is 24.3 Å². The Labute approximate surface area is 154 Å². The fourth-order valence-electron chi connectivity index (χ4n) is 3.54. The minimum absolute atomic E-state index is 0.00162. The van der Waals surface area contributed by atoms with E-state index in [4.69, 9.17) is 0 Å². The Hall–Kier alpha value is -2.37. The number of rotatable bonds is 4. The number of carbonyl (C=O) groups excluding carboxylic acids is 3. The highest BCUT2D eigenvalue weighted by Gasteiger charge is 2.25. The van der Waals surface area contributed by atoms with E-state index in [0.29, 0.717) is 39.0 Å². The Morgan fingerprint density at radius 1 is 0.962 bits per heavy atom. The van der Waals surface area contributed by atoms with Crippen LogP contribution in [0.4, 0.5) is 5.69 Å². The van der Waals surface area contributed by atoms with E-state index in [2.05, 4.69) is 0 Å². The molecule has 2 aliphatic heterocycles. The van der Waals surface area contributed by atoms with Gasteiger partial charge in [0.15, 0.2) is 0 Å². The van der Waals surface area contributed by atoms with Crippen molar-refractivity contribution in [2.24, 2.45) is 5.92 Å². The number of carbonyl (C=O) groups is 3. The van der Waals surface area contributed by atoms with Gasteiger partial charge in [0.05, 0.1) is 6.42 Å². The lowest BCUT2D eigenvalue weighted by molar-refractivity contribution is -0.141. The topological polar surface area (TPSA) is 60.9 Å². The van der Waals surface area contributed by atoms with Crippen molar-refractivity contribution in [3.8, 4) is 0 Å². The summed E-state index contributed by atoms with van der Waals surface area (Å²) in [4.78, 5) is 41.8. The minimum atomic E-state index is -0.00162. The summed E-state index contributed by atoms with van der Waals surface area (Å²) in [7, 11) is 0. The lowest BCUT2D eigenvalue weighted by atomic mass is 10.1. The number of anilines is 1. The summed E-state index contributed by atoms with van der Waals surface area (Å²) >= 11 is 0. The van der Waals surface area contributed by atoms with Gasteiger partial charge >= 0.3 is 0 Å². The standard InChI is InChI=1S/C20H27N3O3/c1-15(2)20(26)22-12-10-21(11-13-22)19(25)14-16-5-7-17(8-6-16)23-9-3-4-18(23)24/h5-8,15H,3-4,9-14H2,1-2H3. The molecule has 0 spiro atoms. The molecular formula is C20H27N3O3. The third kappa shape index (κ3) is 4.06. The van der Waals surface area contributed by atoms with E-state index >= 15 is 0 Å². The van der Waals surface area contributed by atoms with Gasteiger partial charge in [-0.1, -0.05) is 26.0 Å². The molecule has 0 aliphatic carbocycles. The highest BCUT2D eigenvalue weighted by atomic mass is 16.2. The molecule has 0 aromatic heterocycles. The Morgan fingerprint density at radius 3 is 2.12 bits per heavy atom. The molecule has 1 aromatic rings. The molecule has 2 saturated heterocycles. The average molecular weight is 357 g/mol. The molecule has 0 saturated carbocycles. The summed E-state index contributed by atoms with van der Waals surface area (Å²) in [5, 5.41) is 0. The zero-order valence-electron chi connectivity index (χ0n) is 15.6. The quantitative estimate of drug-likeness (QED) is 0.824. The molecule has 140 valence electrons. The van der Waals surface area contributed by atoms with E-state index in [0.717, 1.165) is 24.2 Å². The summed E-state index contributed by atoms with van der Waals surface area (Å²) in [5.74, 6) is 0.414. The molecule has 2 aliphatic rings. The van der Waals surface area contributed by atoms with Gasteiger partial charge in [0.25, 0.3) is 0 Å². The van der Waals surface area contributed by atoms with Gasteiger partial charge in [-0.05, 0) is 24.1 Å². The predicted molar refractivity (Wildman–Crippen MR) is 99.7 cm³/mol. The first-order valence-corrected chi connectivity index (χ1v) is 9.41. The highest BCUT2D eigenvalue weighted by molar-refractivity contribution is 5.95. The number of piperazine rings is 1. The van der Waals surface area contributed by atoms with Gasteiger partial charge in [-0.15, -0.1) is 0 Å². The van der Waals surface area contributed by atoms with Gasteiger partial charge in [0, 0.05) is 50.7 Å². The maximum Gasteiger partial charge on any atom is 0.227 e. The van der Waals surface area contributed by atoms with Crippen LogP contribution in [0.1, 0.15) is 32.3 Å². The first-order valence-electron chi connectivity index (χ1n) is 9.41. The van der Waals surface area contributed by atoms with Crippen LogP contribution >= 0.6 is 0 Å². The van der Waals surface area contributed by atoms with Crippen molar-refractivity contribution in [3.05, 3.63) is 29.8 Å². The smallest absolute Gasteiger partial charge is 0.227 e. The number of hydrogen-bond acceptors (Lipinski definition) is 3. The zero-order chi connectivity index (χ0) is 18.7. The summed E-state index contributed by atoms with van der Waals surface area (Å²) in [6, 6.07) is 7.70. The highest BCUT2D eigenvalue weighted by Crippen LogP contribution is 2.22. The zero-order valence-corrected chi connectivity index (χ0v) is 15.6. The van der Waals surface area contributed by atoms with Gasteiger partial charge in [-0.25, -0.2) is 0 Å². The summed E-state index contributed by atoms with van der Waals surface area (Å²) in [6.45, 7) is 6.99. The van der Waals surface area contributed by atoms with Gasteiger partial charge in [-0.3, -0.25) is 14.4 Å². The van der Waals surface area contributed by atoms with Crippen LogP contribution in [0.5, 0.6) is 0 Å². The largest absolute Gasteiger partial charge is 0.339 e. The van der Waals surface area contributed by atoms with Crippen molar-refractivity contribution in [3.63, 3.8) is 0 Å². The van der Waals surface area contributed by atoms with E-state index in [-0.39, 0.29) is 23.6 Å². The number of hydrogen-bond donors (Lipinski definition) is 0. The fraction of sp³-hybridized carbons (Fsp3) is 0.550. The Morgan fingerprint density at radius 2 is 1.58 bits per heavy atom. The Balaban J connectivity index is 1.52. The van der Waals surface area contributed by atoms with Gasteiger partial charge in [0.1, 0.15) is 0 Å². The van der Waals surface area contributed by atoms with Crippen molar-refractivity contribution in [1.82, 2.24) is 9.80 Å². The maximum atomic E-state index is 12.5.